The molecule has 0 aliphatic rings. The first-order valence-electron chi connectivity index (χ1n) is 6.29. The van der Waals surface area contributed by atoms with Gasteiger partial charge in [-0.15, -0.1) is 0 Å². The van der Waals surface area contributed by atoms with Gasteiger partial charge in [0, 0.05) is 5.56 Å². The Bertz CT molecular complexity index is 374. The van der Waals surface area contributed by atoms with Crippen molar-refractivity contribution in [2.75, 3.05) is 13.2 Å². The highest BCUT2D eigenvalue weighted by molar-refractivity contribution is 5.94. The monoisotopic (exact) mass is 250 g/mol. The largest absolute Gasteiger partial charge is 0.394 e. The first-order valence-corrected chi connectivity index (χ1v) is 6.29. The Morgan fingerprint density at radius 1 is 1.33 bits per heavy atom. The molecule has 0 bridgehead atoms. The van der Waals surface area contributed by atoms with Crippen molar-refractivity contribution < 1.29 is 9.90 Å². The molecule has 18 heavy (non-hydrogen) atoms. The summed E-state index contributed by atoms with van der Waals surface area (Å²) in [6.07, 6.45) is 0.813. The molecular weight excluding hydrogens is 228 g/mol. The zero-order valence-corrected chi connectivity index (χ0v) is 11.0. The number of nitrogens with two attached hydrogens (primary N) is 1. The van der Waals surface area contributed by atoms with E-state index in [1.54, 1.807) is 12.1 Å². The van der Waals surface area contributed by atoms with Gasteiger partial charge in [-0.3, -0.25) is 4.79 Å². The molecule has 1 amide bonds. The Balaban J connectivity index is 2.66. The standard InChI is InChI=1S/C14H22N2O2/c1-10(2)13(9-17)16-14(18)12-5-3-11(4-6-12)7-8-15/h3-6,10,13,17H,7-9,15H2,1-2H3,(H,16,18)/t13-/m1/s1. The van der Waals surface area contributed by atoms with E-state index in [1.807, 2.05) is 26.0 Å². The molecule has 0 aliphatic heterocycles. The third-order valence-electron chi connectivity index (χ3n) is 2.97. The molecule has 0 aromatic heterocycles. The van der Waals surface area contributed by atoms with E-state index in [-0.39, 0.29) is 24.5 Å². The Hall–Kier alpha value is -1.39. The lowest BCUT2D eigenvalue weighted by Crippen LogP contribution is -2.41. The van der Waals surface area contributed by atoms with Gasteiger partial charge in [0.15, 0.2) is 0 Å². The number of hydrogen-bond acceptors (Lipinski definition) is 3. The van der Waals surface area contributed by atoms with Crippen molar-refractivity contribution in [3.8, 4) is 0 Å². The highest BCUT2D eigenvalue weighted by Gasteiger charge is 2.15. The predicted octanol–water partition coefficient (Wildman–Crippen LogP) is 0.935. The quantitative estimate of drug-likeness (QED) is 0.703. The first kappa shape index (κ1) is 14.7. The first-order chi connectivity index (χ1) is 8.58. The van der Waals surface area contributed by atoms with E-state index in [9.17, 15) is 9.90 Å². The number of aliphatic hydroxyl groups excluding tert-OH is 1. The van der Waals surface area contributed by atoms with Gasteiger partial charge in [0.05, 0.1) is 12.6 Å². The molecule has 1 aromatic carbocycles. The summed E-state index contributed by atoms with van der Waals surface area (Å²) in [5.41, 5.74) is 7.20. The maximum atomic E-state index is 11.9. The van der Waals surface area contributed by atoms with Crippen molar-refractivity contribution in [1.29, 1.82) is 0 Å². The maximum Gasteiger partial charge on any atom is 0.251 e. The third kappa shape index (κ3) is 4.13. The van der Waals surface area contributed by atoms with Gasteiger partial charge < -0.3 is 16.2 Å². The van der Waals surface area contributed by atoms with Gasteiger partial charge in [-0.2, -0.15) is 0 Å². The molecule has 0 unspecified atom stereocenters. The molecule has 4 heteroatoms. The summed E-state index contributed by atoms with van der Waals surface area (Å²) in [7, 11) is 0. The van der Waals surface area contributed by atoms with Gasteiger partial charge in [-0.1, -0.05) is 26.0 Å². The van der Waals surface area contributed by atoms with Gasteiger partial charge in [-0.25, -0.2) is 0 Å². The molecule has 100 valence electrons. The second kappa shape index (κ2) is 7.13. The average molecular weight is 250 g/mol. The van der Waals surface area contributed by atoms with Gasteiger partial charge in [-0.05, 0) is 36.6 Å². The van der Waals surface area contributed by atoms with E-state index in [0.717, 1.165) is 12.0 Å². The average Bonchev–Trinajstić information content (AvgIpc) is 2.36. The van der Waals surface area contributed by atoms with Crippen LogP contribution >= 0.6 is 0 Å². The van der Waals surface area contributed by atoms with Crippen LogP contribution in [0.1, 0.15) is 29.8 Å². The number of hydrogen-bond donors (Lipinski definition) is 3. The van der Waals surface area contributed by atoms with Crippen LogP contribution in [0.4, 0.5) is 0 Å². The Kier molecular flexibility index (Phi) is 5.82. The second-order valence-corrected chi connectivity index (χ2v) is 4.74. The van der Waals surface area contributed by atoms with E-state index in [0.29, 0.717) is 12.1 Å². The van der Waals surface area contributed by atoms with E-state index in [4.69, 9.17) is 5.73 Å². The van der Waals surface area contributed by atoms with Crippen LogP contribution in [-0.4, -0.2) is 30.2 Å². The maximum absolute atomic E-state index is 11.9. The minimum atomic E-state index is -0.207. The fourth-order valence-electron chi connectivity index (χ4n) is 1.66. The SMILES string of the molecule is CC(C)[C@@H](CO)NC(=O)c1ccc(CCN)cc1. The van der Waals surface area contributed by atoms with Gasteiger partial charge in [0.1, 0.15) is 0 Å². The van der Waals surface area contributed by atoms with Crippen LogP contribution < -0.4 is 11.1 Å². The Labute approximate surface area is 108 Å². The summed E-state index contributed by atoms with van der Waals surface area (Å²) in [6, 6.07) is 7.18. The third-order valence-corrected chi connectivity index (χ3v) is 2.97. The van der Waals surface area contributed by atoms with Crippen molar-refractivity contribution in [1.82, 2.24) is 5.32 Å². The van der Waals surface area contributed by atoms with Crippen LogP contribution in [0.15, 0.2) is 24.3 Å². The van der Waals surface area contributed by atoms with Crippen LogP contribution in [0.5, 0.6) is 0 Å². The van der Waals surface area contributed by atoms with Crippen molar-refractivity contribution in [2.45, 2.75) is 26.3 Å². The summed E-state index contributed by atoms with van der Waals surface area (Å²) in [4.78, 5) is 11.9. The lowest BCUT2D eigenvalue weighted by Gasteiger charge is -2.19. The van der Waals surface area contributed by atoms with Gasteiger partial charge >= 0.3 is 0 Å². The second-order valence-electron chi connectivity index (χ2n) is 4.74. The molecule has 1 aromatic rings. The van der Waals surface area contributed by atoms with Crippen molar-refractivity contribution in [3.63, 3.8) is 0 Å². The lowest BCUT2D eigenvalue weighted by molar-refractivity contribution is 0.0897. The molecule has 0 aliphatic carbocycles. The zero-order chi connectivity index (χ0) is 13.5. The van der Waals surface area contributed by atoms with Crippen LogP contribution in [0, 0.1) is 5.92 Å². The summed E-state index contributed by atoms with van der Waals surface area (Å²) in [6.45, 7) is 4.48. The lowest BCUT2D eigenvalue weighted by atomic mass is 10.0. The fourth-order valence-corrected chi connectivity index (χ4v) is 1.66. The predicted molar refractivity (Wildman–Crippen MR) is 72.4 cm³/mol. The molecule has 0 saturated heterocycles. The molecule has 0 saturated carbocycles. The number of nitrogens with one attached hydrogen (secondary N) is 1. The molecule has 0 fully saturated rings. The van der Waals surface area contributed by atoms with E-state index >= 15 is 0 Å². The molecule has 0 radical (unpaired) electrons. The van der Waals surface area contributed by atoms with Crippen molar-refractivity contribution >= 4 is 5.91 Å². The van der Waals surface area contributed by atoms with Crippen LogP contribution in [0.25, 0.3) is 0 Å². The fraction of sp³-hybridized carbons (Fsp3) is 0.500. The zero-order valence-electron chi connectivity index (χ0n) is 11.0. The van der Waals surface area contributed by atoms with Crippen molar-refractivity contribution in [3.05, 3.63) is 35.4 Å². The minimum absolute atomic E-state index is 0.0470. The molecule has 4 N–H and O–H groups in total. The van der Waals surface area contributed by atoms with E-state index in [1.165, 1.54) is 0 Å². The summed E-state index contributed by atoms with van der Waals surface area (Å²) in [5.74, 6) is 0.0533. The normalized spacial score (nSPS) is 12.5. The number of carbonyl (C=O) groups excluding carboxylic acids is 1. The van der Waals surface area contributed by atoms with Crippen LogP contribution in [-0.2, 0) is 6.42 Å². The van der Waals surface area contributed by atoms with Crippen molar-refractivity contribution in [2.24, 2.45) is 11.7 Å². The topological polar surface area (TPSA) is 75.3 Å². The van der Waals surface area contributed by atoms with Crippen LogP contribution in [0.2, 0.25) is 0 Å². The molecule has 4 nitrogen and oxygen atoms in total. The number of carbonyl (C=O) groups is 1. The number of benzene rings is 1. The summed E-state index contributed by atoms with van der Waals surface area (Å²) < 4.78 is 0. The number of amides is 1. The molecule has 1 atom stereocenters. The molecule has 0 spiro atoms. The highest BCUT2D eigenvalue weighted by Crippen LogP contribution is 2.07. The van der Waals surface area contributed by atoms with Gasteiger partial charge in [0.25, 0.3) is 5.91 Å². The summed E-state index contributed by atoms with van der Waals surface area (Å²) >= 11 is 0. The summed E-state index contributed by atoms with van der Waals surface area (Å²) in [5, 5.41) is 12.0. The molecule has 0 heterocycles. The van der Waals surface area contributed by atoms with Gasteiger partial charge in [0.2, 0.25) is 0 Å². The highest BCUT2D eigenvalue weighted by atomic mass is 16.3. The number of aliphatic hydroxyl groups is 1. The molecular formula is C14H22N2O2. The smallest absolute Gasteiger partial charge is 0.251 e. The Morgan fingerprint density at radius 3 is 2.39 bits per heavy atom. The van der Waals surface area contributed by atoms with E-state index < -0.39 is 0 Å². The number of rotatable bonds is 6. The van der Waals surface area contributed by atoms with E-state index in [2.05, 4.69) is 5.32 Å². The Morgan fingerprint density at radius 2 is 1.94 bits per heavy atom. The van der Waals surface area contributed by atoms with Crippen LogP contribution in [0.3, 0.4) is 0 Å². The molecule has 1 rings (SSSR count). The minimum Gasteiger partial charge on any atom is -0.394 e.